The predicted molar refractivity (Wildman–Crippen MR) is 204 cm³/mol. The minimum atomic E-state index is 0.913. The average Bonchev–Trinajstić information content (AvgIpc) is 3.81. The van der Waals surface area contributed by atoms with Gasteiger partial charge in [-0.15, -0.1) is 6.58 Å². The Morgan fingerprint density at radius 3 is 1.94 bits per heavy atom. The molecule has 0 aliphatic rings. The molecule has 3 nitrogen and oxygen atoms in total. The van der Waals surface area contributed by atoms with Crippen molar-refractivity contribution in [3.63, 3.8) is 0 Å². The second kappa shape index (κ2) is 11.2. The van der Waals surface area contributed by atoms with Crippen LogP contribution >= 0.6 is 0 Å². The Kier molecular flexibility index (Phi) is 6.51. The summed E-state index contributed by atoms with van der Waals surface area (Å²) < 4.78 is 8.58. The normalized spacial score (nSPS) is 11.5. The summed E-state index contributed by atoms with van der Waals surface area (Å²) in [6, 6.07) is 54.3. The molecule has 0 saturated carbocycles. The summed E-state index contributed by atoms with van der Waals surface area (Å²) in [4.78, 5) is 3.77. The van der Waals surface area contributed by atoms with Crippen LogP contribution in [0.3, 0.4) is 0 Å². The quantitative estimate of drug-likeness (QED) is 0.197. The number of aromatic amines is 1. The summed E-state index contributed by atoms with van der Waals surface area (Å²) in [6.07, 6.45) is 1.75. The molecule has 3 aromatic heterocycles. The molecule has 0 unspecified atom stereocenters. The Bertz CT molecular complexity index is 2770. The molecule has 228 valence electrons. The zero-order valence-corrected chi connectivity index (χ0v) is 26.6. The number of hydrogen-bond donors (Lipinski definition) is 1. The maximum atomic E-state index is 6.20. The topological polar surface area (TPSA) is 33.9 Å². The van der Waals surface area contributed by atoms with Gasteiger partial charge in [0.1, 0.15) is 11.2 Å². The number of rotatable bonds is 3. The SMILES string of the molecule is C=CC.c1cc(-c2ccc3c(c2)oc2ccccc23)cc(-c2cccc3c2[nH]c2ccc(-n4c5ccccc5c5ccccc54)cc23)c1. The van der Waals surface area contributed by atoms with Gasteiger partial charge in [-0.25, -0.2) is 0 Å². The number of fused-ring (bicyclic) bond motifs is 9. The van der Waals surface area contributed by atoms with Crippen molar-refractivity contribution in [1.29, 1.82) is 0 Å². The van der Waals surface area contributed by atoms with E-state index in [0.29, 0.717) is 0 Å². The summed E-state index contributed by atoms with van der Waals surface area (Å²) in [6.45, 7) is 5.25. The van der Waals surface area contributed by atoms with Crippen molar-refractivity contribution in [3.05, 3.63) is 164 Å². The first-order valence-electron chi connectivity index (χ1n) is 16.3. The van der Waals surface area contributed by atoms with E-state index >= 15 is 0 Å². The van der Waals surface area contributed by atoms with Crippen LogP contribution in [0, 0.1) is 0 Å². The molecule has 0 bridgehead atoms. The van der Waals surface area contributed by atoms with Gasteiger partial charge in [-0.3, -0.25) is 0 Å². The monoisotopic (exact) mass is 616 g/mol. The molecule has 0 atom stereocenters. The van der Waals surface area contributed by atoms with E-state index in [2.05, 4.69) is 156 Å². The number of H-pyrrole nitrogens is 1. The lowest BCUT2D eigenvalue weighted by atomic mass is 9.97. The Hall–Kier alpha value is -6.32. The lowest BCUT2D eigenvalue weighted by molar-refractivity contribution is 0.669. The molecular weight excluding hydrogens is 585 g/mol. The van der Waals surface area contributed by atoms with E-state index < -0.39 is 0 Å². The third-order valence-electron chi connectivity index (χ3n) is 9.34. The maximum absolute atomic E-state index is 6.20. The minimum absolute atomic E-state index is 0.913. The van der Waals surface area contributed by atoms with E-state index in [1.165, 1.54) is 43.7 Å². The van der Waals surface area contributed by atoms with Crippen LogP contribution in [0.1, 0.15) is 6.92 Å². The Morgan fingerprint density at radius 1 is 0.521 bits per heavy atom. The fourth-order valence-electron chi connectivity index (χ4n) is 7.26. The van der Waals surface area contributed by atoms with Crippen molar-refractivity contribution in [2.24, 2.45) is 0 Å². The van der Waals surface area contributed by atoms with Gasteiger partial charge in [0.25, 0.3) is 0 Å². The first-order chi connectivity index (χ1) is 23.7. The Balaban J connectivity index is 0.00000101. The van der Waals surface area contributed by atoms with Crippen molar-refractivity contribution in [2.45, 2.75) is 6.92 Å². The molecule has 0 amide bonds. The minimum Gasteiger partial charge on any atom is -0.456 e. The fourth-order valence-corrected chi connectivity index (χ4v) is 7.26. The Morgan fingerprint density at radius 2 is 1.15 bits per heavy atom. The zero-order chi connectivity index (χ0) is 32.2. The first-order valence-corrected chi connectivity index (χ1v) is 16.3. The maximum Gasteiger partial charge on any atom is 0.136 e. The van der Waals surface area contributed by atoms with Gasteiger partial charge in [-0.05, 0) is 78.2 Å². The highest BCUT2D eigenvalue weighted by Crippen LogP contribution is 2.38. The molecule has 0 spiro atoms. The molecule has 0 radical (unpaired) electrons. The summed E-state index contributed by atoms with van der Waals surface area (Å²) >= 11 is 0. The van der Waals surface area contributed by atoms with Gasteiger partial charge < -0.3 is 14.0 Å². The number of furan rings is 1. The molecule has 3 heteroatoms. The Labute approximate surface area is 278 Å². The summed E-state index contributed by atoms with van der Waals surface area (Å²) in [5.41, 5.74) is 12.4. The van der Waals surface area contributed by atoms with Gasteiger partial charge in [-0.2, -0.15) is 0 Å². The average molecular weight is 617 g/mol. The van der Waals surface area contributed by atoms with Gasteiger partial charge in [0.15, 0.2) is 0 Å². The number of nitrogens with zero attached hydrogens (tertiary/aromatic N) is 1. The van der Waals surface area contributed by atoms with Crippen LogP contribution in [-0.4, -0.2) is 9.55 Å². The van der Waals surface area contributed by atoms with Crippen molar-refractivity contribution < 1.29 is 4.42 Å². The van der Waals surface area contributed by atoms with E-state index in [1.54, 1.807) is 6.08 Å². The second-order valence-corrected chi connectivity index (χ2v) is 12.3. The van der Waals surface area contributed by atoms with Gasteiger partial charge in [0, 0.05) is 49.1 Å². The van der Waals surface area contributed by atoms with E-state index in [9.17, 15) is 0 Å². The lowest BCUT2D eigenvalue weighted by Gasteiger charge is -2.08. The highest BCUT2D eigenvalue weighted by Gasteiger charge is 2.15. The van der Waals surface area contributed by atoms with Crippen LogP contribution in [0.5, 0.6) is 0 Å². The third kappa shape index (κ3) is 4.36. The molecule has 7 aromatic carbocycles. The molecule has 10 rings (SSSR count). The van der Waals surface area contributed by atoms with E-state index in [1.807, 2.05) is 19.1 Å². The lowest BCUT2D eigenvalue weighted by Crippen LogP contribution is -1.93. The molecular formula is C45H32N2O. The second-order valence-electron chi connectivity index (χ2n) is 12.3. The fraction of sp³-hybridized carbons (Fsp3) is 0.0222. The molecule has 0 fully saturated rings. The van der Waals surface area contributed by atoms with E-state index in [-0.39, 0.29) is 0 Å². The van der Waals surface area contributed by atoms with E-state index in [0.717, 1.165) is 49.8 Å². The first kappa shape index (κ1) is 27.9. The van der Waals surface area contributed by atoms with Crippen molar-refractivity contribution >= 4 is 65.6 Å². The van der Waals surface area contributed by atoms with E-state index in [4.69, 9.17) is 4.42 Å². The van der Waals surface area contributed by atoms with Gasteiger partial charge in [-0.1, -0.05) is 103 Å². The number of allylic oxidation sites excluding steroid dienone is 1. The number of hydrogen-bond acceptors (Lipinski definition) is 1. The number of aromatic nitrogens is 2. The standard InChI is InChI=1S/C42H26N2O.C3H6/c1-4-16-38-31(11-1)32-12-2-5-17-39(32)44(38)29-20-22-37-36(25-29)35-15-8-14-30(42(35)43-37)28-10-7-9-26(23-28)27-19-21-34-33-13-3-6-18-40(33)45-41(34)24-27;1-3-2/h1-25,43H;3H,1H2,2H3. The molecule has 0 aliphatic carbocycles. The van der Waals surface area contributed by atoms with Gasteiger partial charge in [0.2, 0.25) is 0 Å². The molecule has 0 aliphatic heterocycles. The smallest absolute Gasteiger partial charge is 0.136 e. The molecule has 10 aromatic rings. The van der Waals surface area contributed by atoms with Crippen LogP contribution in [0.25, 0.3) is 93.5 Å². The van der Waals surface area contributed by atoms with Crippen molar-refractivity contribution in [2.75, 3.05) is 0 Å². The summed E-state index contributed by atoms with van der Waals surface area (Å²) in [5, 5.41) is 7.28. The van der Waals surface area contributed by atoms with Crippen LogP contribution in [0.2, 0.25) is 0 Å². The van der Waals surface area contributed by atoms with Crippen LogP contribution in [0.4, 0.5) is 0 Å². The van der Waals surface area contributed by atoms with Gasteiger partial charge >= 0.3 is 0 Å². The number of benzene rings is 7. The number of nitrogens with one attached hydrogen (secondary N) is 1. The van der Waals surface area contributed by atoms with Crippen LogP contribution < -0.4 is 0 Å². The predicted octanol–water partition coefficient (Wildman–Crippen LogP) is 12.8. The summed E-state index contributed by atoms with van der Waals surface area (Å²) in [7, 11) is 0. The molecule has 1 N–H and O–H groups in total. The van der Waals surface area contributed by atoms with Crippen molar-refractivity contribution in [3.8, 4) is 27.9 Å². The largest absolute Gasteiger partial charge is 0.456 e. The number of para-hydroxylation sites is 4. The highest BCUT2D eigenvalue weighted by molar-refractivity contribution is 6.14. The van der Waals surface area contributed by atoms with Crippen molar-refractivity contribution in [1.82, 2.24) is 9.55 Å². The summed E-state index contributed by atoms with van der Waals surface area (Å²) in [5.74, 6) is 0. The van der Waals surface area contributed by atoms with Gasteiger partial charge in [0.05, 0.1) is 16.6 Å². The van der Waals surface area contributed by atoms with Crippen LogP contribution in [-0.2, 0) is 0 Å². The molecule has 3 heterocycles. The third-order valence-corrected chi connectivity index (χ3v) is 9.34. The highest BCUT2D eigenvalue weighted by atomic mass is 16.3. The van der Waals surface area contributed by atoms with Crippen LogP contribution in [0.15, 0.2) is 169 Å². The molecule has 48 heavy (non-hydrogen) atoms. The zero-order valence-electron chi connectivity index (χ0n) is 26.6. The molecule has 0 saturated heterocycles.